The van der Waals surface area contributed by atoms with Crippen molar-refractivity contribution in [2.75, 3.05) is 19.6 Å². The van der Waals surface area contributed by atoms with Crippen molar-refractivity contribution < 1.29 is 19.4 Å². The Labute approximate surface area is 234 Å². The molecule has 3 heterocycles. The van der Waals surface area contributed by atoms with E-state index in [1.54, 1.807) is 18.3 Å². The lowest BCUT2D eigenvalue weighted by Gasteiger charge is -2.38. The number of amides is 1. The summed E-state index contributed by atoms with van der Waals surface area (Å²) in [6.45, 7) is 6.34. The van der Waals surface area contributed by atoms with Crippen molar-refractivity contribution in [3.8, 4) is 11.6 Å². The Balaban J connectivity index is 1.38. The fourth-order valence-corrected chi connectivity index (χ4v) is 5.46. The van der Waals surface area contributed by atoms with Gasteiger partial charge in [-0.25, -0.2) is 4.98 Å². The third-order valence-corrected chi connectivity index (χ3v) is 7.65. The van der Waals surface area contributed by atoms with Crippen LogP contribution in [0.25, 0.3) is 5.57 Å². The molecule has 204 valence electrons. The van der Waals surface area contributed by atoms with Crippen LogP contribution in [0.4, 0.5) is 0 Å². The van der Waals surface area contributed by atoms with E-state index in [-0.39, 0.29) is 6.10 Å². The van der Waals surface area contributed by atoms with E-state index in [1.807, 2.05) is 56.3 Å². The molecule has 2 aliphatic heterocycles. The molecule has 1 unspecified atom stereocenters. The van der Waals surface area contributed by atoms with Crippen LogP contribution in [0.3, 0.4) is 0 Å². The summed E-state index contributed by atoms with van der Waals surface area (Å²) in [5, 5.41) is 11.9. The highest BCUT2D eigenvalue weighted by Crippen LogP contribution is 2.42. The van der Waals surface area contributed by atoms with Crippen molar-refractivity contribution in [3.63, 3.8) is 0 Å². The quantitative estimate of drug-likeness (QED) is 0.497. The van der Waals surface area contributed by atoms with Crippen molar-refractivity contribution in [1.82, 2.24) is 9.88 Å². The molecule has 3 N–H and O–H groups in total. The molecule has 1 fully saturated rings. The highest BCUT2D eigenvalue weighted by atomic mass is 35.5. The zero-order chi connectivity index (χ0) is 27.6. The van der Waals surface area contributed by atoms with Gasteiger partial charge < -0.3 is 25.2 Å². The molecule has 0 spiro atoms. The normalized spacial score (nSPS) is 21.4. The lowest BCUT2D eigenvalue weighted by Crippen LogP contribution is -2.42. The lowest BCUT2D eigenvalue weighted by atomic mass is 9.84. The highest BCUT2D eigenvalue weighted by Gasteiger charge is 2.34. The summed E-state index contributed by atoms with van der Waals surface area (Å²) >= 11 is 6.03. The molecule has 5 rings (SSSR count). The van der Waals surface area contributed by atoms with Gasteiger partial charge in [0.25, 0.3) is 0 Å². The van der Waals surface area contributed by atoms with Crippen LogP contribution in [0.2, 0.25) is 5.02 Å². The number of hydrogen-bond donors (Lipinski definition) is 2. The van der Waals surface area contributed by atoms with Crippen LogP contribution in [0.15, 0.2) is 78.2 Å². The first-order chi connectivity index (χ1) is 18.7. The second-order valence-electron chi connectivity index (χ2n) is 10.5. The van der Waals surface area contributed by atoms with E-state index in [1.165, 1.54) is 0 Å². The lowest BCUT2D eigenvalue weighted by molar-refractivity contribution is -0.119. The van der Waals surface area contributed by atoms with Crippen molar-refractivity contribution >= 4 is 23.1 Å². The summed E-state index contributed by atoms with van der Waals surface area (Å²) in [5.41, 5.74) is 8.15. The van der Waals surface area contributed by atoms with Gasteiger partial charge in [0.05, 0.1) is 23.2 Å². The second-order valence-corrected chi connectivity index (χ2v) is 10.9. The van der Waals surface area contributed by atoms with Crippen molar-refractivity contribution in [1.29, 1.82) is 0 Å². The number of aromatic nitrogens is 1. The minimum atomic E-state index is -0.836. The predicted molar refractivity (Wildman–Crippen MR) is 152 cm³/mol. The maximum atomic E-state index is 12.3. The molecule has 3 aliphatic rings. The molecule has 2 aromatic rings. The molecule has 1 saturated heterocycles. The third-order valence-electron chi connectivity index (χ3n) is 7.40. The van der Waals surface area contributed by atoms with Gasteiger partial charge in [-0.2, -0.15) is 0 Å². The van der Waals surface area contributed by atoms with Crippen molar-refractivity contribution in [2.45, 2.75) is 44.8 Å². The molecule has 1 amide bonds. The van der Waals surface area contributed by atoms with Crippen LogP contribution >= 0.6 is 11.6 Å². The molecule has 0 saturated carbocycles. The molecule has 0 radical (unpaired) electrons. The number of carbonyl (C=O) groups excluding carboxylic acids is 1. The third kappa shape index (κ3) is 5.96. The van der Waals surface area contributed by atoms with Gasteiger partial charge in [0.1, 0.15) is 11.5 Å². The first-order valence-corrected chi connectivity index (χ1v) is 13.8. The number of rotatable bonds is 7. The smallest absolute Gasteiger partial charge is 0.230 e. The molecule has 1 aromatic carbocycles. The Morgan fingerprint density at radius 2 is 2.03 bits per heavy atom. The monoisotopic (exact) mass is 547 g/mol. The number of nitrogens with two attached hydrogens (primary N) is 1. The van der Waals surface area contributed by atoms with Crippen LogP contribution in [0.5, 0.6) is 11.6 Å². The summed E-state index contributed by atoms with van der Waals surface area (Å²) in [6.07, 6.45) is 13.2. The average Bonchev–Trinajstić information content (AvgIpc) is 3.06. The van der Waals surface area contributed by atoms with E-state index in [2.05, 4.69) is 16.0 Å². The molecule has 1 aliphatic carbocycles. The number of halogens is 1. The van der Waals surface area contributed by atoms with E-state index in [0.717, 1.165) is 42.8 Å². The van der Waals surface area contributed by atoms with Crippen LogP contribution in [-0.4, -0.2) is 46.6 Å². The summed E-state index contributed by atoms with van der Waals surface area (Å²) in [6, 6.07) is 9.31. The molecule has 8 heteroatoms. The highest BCUT2D eigenvalue weighted by molar-refractivity contribution is 6.30. The summed E-state index contributed by atoms with van der Waals surface area (Å²) in [7, 11) is 0. The summed E-state index contributed by atoms with van der Waals surface area (Å²) in [4.78, 5) is 19.1. The van der Waals surface area contributed by atoms with Crippen LogP contribution in [-0.2, 0) is 10.4 Å². The SMILES string of the molecule is CC(C)Oc1ccnc2c1C(=CCCN1CCC(O)(c3ccc(Cl)cc3)CC1)C=C1C(=CC=CC1C(N)=O)O2. The Kier molecular flexibility index (Phi) is 7.93. The molecule has 1 aromatic heterocycles. The Morgan fingerprint density at radius 1 is 1.28 bits per heavy atom. The second kappa shape index (κ2) is 11.4. The Bertz CT molecular complexity index is 1350. The number of likely N-dealkylation sites (tertiary alicyclic amines) is 1. The van der Waals surface area contributed by atoms with E-state index in [0.29, 0.717) is 40.8 Å². The largest absolute Gasteiger partial charge is 0.490 e. The maximum Gasteiger partial charge on any atom is 0.230 e. The number of fused-ring (bicyclic) bond motifs is 2. The molecular formula is C31H34ClN3O4. The summed E-state index contributed by atoms with van der Waals surface area (Å²) < 4.78 is 12.3. The number of nitrogens with zero attached hydrogens (tertiary/aromatic N) is 2. The first-order valence-electron chi connectivity index (χ1n) is 13.4. The van der Waals surface area contributed by atoms with Gasteiger partial charge in [0.15, 0.2) is 0 Å². The van der Waals surface area contributed by atoms with Crippen molar-refractivity contribution in [3.05, 3.63) is 94.4 Å². The van der Waals surface area contributed by atoms with E-state index in [9.17, 15) is 9.90 Å². The van der Waals surface area contributed by atoms with Gasteiger partial charge in [-0.1, -0.05) is 42.0 Å². The topological polar surface area (TPSA) is 97.9 Å². The minimum Gasteiger partial charge on any atom is -0.490 e. The predicted octanol–water partition coefficient (Wildman–Crippen LogP) is 5.15. The number of pyridine rings is 1. The standard InChI is InChI=1S/C31H34ClN3O4/c1-20(2)38-27-12-15-34-30-28(27)21(19-25-24(29(33)36)6-3-7-26(25)39-30)5-4-16-35-17-13-31(37,14-18-35)22-8-10-23(32)11-9-22/h3,5-12,15,19-20,24,37H,4,13-14,16-18H2,1-2H3,(H2,33,36). The summed E-state index contributed by atoms with van der Waals surface area (Å²) in [5.74, 6) is 0.626. The molecule has 7 nitrogen and oxygen atoms in total. The number of piperidine rings is 1. The maximum absolute atomic E-state index is 12.3. The number of carbonyl (C=O) groups is 1. The van der Waals surface area contributed by atoms with Gasteiger partial charge >= 0.3 is 0 Å². The van der Waals surface area contributed by atoms with E-state index >= 15 is 0 Å². The zero-order valence-electron chi connectivity index (χ0n) is 22.3. The van der Waals surface area contributed by atoms with Gasteiger partial charge in [-0.3, -0.25) is 4.79 Å². The molecular weight excluding hydrogens is 514 g/mol. The number of hydrogen-bond acceptors (Lipinski definition) is 6. The van der Waals surface area contributed by atoms with Crippen LogP contribution < -0.4 is 15.2 Å². The van der Waals surface area contributed by atoms with Gasteiger partial charge in [-0.05, 0) is 74.6 Å². The fraction of sp³-hybridized carbons (Fsp3) is 0.355. The fourth-order valence-electron chi connectivity index (χ4n) is 5.33. The van der Waals surface area contributed by atoms with Crippen LogP contribution in [0, 0.1) is 5.92 Å². The van der Waals surface area contributed by atoms with Gasteiger partial charge in [-0.15, -0.1) is 0 Å². The number of allylic oxidation sites excluding steroid dienone is 5. The van der Waals surface area contributed by atoms with Gasteiger partial charge in [0, 0.05) is 36.4 Å². The van der Waals surface area contributed by atoms with E-state index in [4.69, 9.17) is 26.8 Å². The molecule has 1 atom stereocenters. The number of primary amides is 1. The average molecular weight is 548 g/mol. The van der Waals surface area contributed by atoms with Crippen molar-refractivity contribution in [2.24, 2.45) is 11.7 Å². The number of aliphatic hydroxyl groups is 1. The molecule has 39 heavy (non-hydrogen) atoms. The Morgan fingerprint density at radius 3 is 2.72 bits per heavy atom. The molecule has 0 bridgehead atoms. The van der Waals surface area contributed by atoms with Gasteiger partial charge in [0.2, 0.25) is 11.8 Å². The van der Waals surface area contributed by atoms with E-state index < -0.39 is 17.4 Å². The first kappa shape index (κ1) is 27.2. The zero-order valence-corrected chi connectivity index (χ0v) is 23.0. The van der Waals surface area contributed by atoms with Crippen LogP contribution in [0.1, 0.15) is 44.2 Å². The Hall–Kier alpha value is -3.39. The number of ether oxygens (including phenoxy) is 2. The minimum absolute atomic E-state index is 0.0390. The number of benzene rings is 1.